The molecule has 1 aromatic heterocycles. The molecule has 0 spiro atoms. The van der Waals surface area contributed by atoms with Crippen LogP contribution in [0.4, 0.5) is 16.2 Å². The van der Waals surface area contributed by atoms with Crippen molar-refractivity contribution in [1.82, 2.24) is 9.47 Å². The maximum Gasteiger partial charge on any atom is 0.323 e. The fraction of sp³-hybridized carbons (Fsp3) is 0.269. The number of rotatable bonds is 5. The molecule has 34 heavy (non-hydrogen) atoms. The average Bonchev–Trinajstić information content (AvgIpc) is 2.85. The van der Waals surface area contributed by atoms with Gasteiger partial charge in [-0.1, -0.05) is 36.4 Å². The Hall–Kier alpha value is -4.07. The number of aromatic nitrogens is 1. The number of para-hydroxylation sites is 2. The van der Waals surface area contributed by atoms with E-state index < -0.39 is 0 Å². The van der Waals surface area contributed by atoms with Gasteiger partial charge in [0, 0.05) is 43.0 Å². The van der Waals surface area contributed by atoms with E-state index in [2.05, 4.69) is 10.6 Å². The summed E-state index contributed by atoms with van der Waals surface area (Å²) in [6, 6.07) is 21.2. The zero-order valence-electron chi connectivity index (χ0n) is 18.6. The fourth-order valence-corrected chi connectivity index (χ4v) is 4.88. The van der Waals surface area contributed by atoms with Gasteiger partial charge in [-0.15, -0.1) is 0 Å². The number of nitrogens with one attached hydrogen (secondary N) is 2. The maximum absolute atomic E-state index is 12.9. The Morgan fingerprint density at radius 1 is 0.882 bits per heavy atom. The van der Waals surface area contributed by atoms with E-state index in [-0.39, 0.29) is 35.9 Å². The van der Waals surface area contributed by atoms with E-state index in [1.54, 1.807) is 22.8 Å². The highest BCUT2D eigenvalue weighted by molar-refractivity contribution is 6.00. The Kier molecular flexibility index (Phi) is 6.03. The first-order valence-electron chi connectivity index (χ1n) is 11.4. The lowest BCUT2D eigenvalue weighted by Gasteiger charge is -2.43. The van der Waals surface area contributed by atoms with E-state index in [1.807, 2.05) is 53.4 Å². The van der Waals surface area contributed by atoms with Crippen molar-refractivity contribution in [3.63, 3.8) is 0 Å². The predicted molar refractivity (Wildman–Crippen MR) is 129 cm³/mol. The van der Waals surface area contributed by atoms with Crippen molar-refractivity contribution < 1.29 is 14.3 Å². The SMILES string of the molecule is O=C(Nc1ccccc1)Nc1ccc(=O)n2c1C1CC(CN(C(=O)COc3ccccc3)C1)C2. The van der Waals surface area contributed by atoms with E-state index in [0.717, 1.165) is 12.1 Å². The topological polar surface area (TPSA) is 92.7 Å². The van der Waals surface area contributed by atoms with E-state index in [0.29, 0.717) is 36.8 Å². The fourth-order valence-electron chi connectivity index (χ4n) is 4.88. The summed E-state index contributed by atoms with van der Waals surface area (Å²) in [4.78, 5) is 40.0. The van der Waals surface area contributed by atoms with Crippen LogP contribution in [-0.2, 0) is 11.3 Å². The molecule has 1 saturated heterocycles. The molecule has 2 N–H and O–H groups in total. The minimum Gasteiger partial charge on any atom is -0.484 e. The summed E-state index contributed by atoms with van der Waals surface area (Å²) < 4.78 is 7.40. The Bertz CT molecular complexity index is 1240. The second-order valence-corrected chi connectivity index (χ2v) is 8.73. The summed E-state index contributed by atoms with van der Waals surface area (Å²) in [6.07, 6.45) is 0.863. The summed E-state index contributed by atoms with van der Waals surface area (Å²) in [7, 11) is 0. The standard InChI is InChI=1S/C26H26N4O4/c31-23-12-11-22(28-26(33)27-20-7-3-1-4-8-20)25-19-13-18(15-30(23)25)14-29(16-19)24(32)17-34-21-9-5-2-6-10-21/h1-12,18-19H,13-17H2,(H2,27,28,33). The Morgan fingerprint density at radius 2 is 1.62 bits per heavy atom. The number of hydrogen-bond donors (Lipinski definition) is 2. The number of urea groups is 1. The van der Waals surface area contributed by atoms with Crippen molar-refractivity contribution in [2.75, 3.05) is 30.3 Å². The zero-order chi connectivity index (χ0) is 23.5. The Balaban J connectivity index is 1.32. The van der Waals surface area contributed by atoms with E-state index in [1.165, 1.54) is 6.07 Å². The van der Waals surface area contributed by atoms with Crippen molar-refractivity contribution in [2.45, 2.75) is 18.9 Å². The number of ether oxygens (including phenoxy) is 1. The van der Waals surface area contributed by atoms with Gasteiger partial charge in [0.05, 0.1) is 5.69 Å². The minimum atomic E-state index is -0.380. The van der Waals surface area contributed by atoms with E-state index >= 15 is 0 Å². The molecule has 8 nitrogen and oxygen atoms in total. The molecule has 0 saturated carbocycles. The van der Waals surface area contributed by atoms with Crippen LogP contribution in [0.25, 0.3) is 0 Å². The molecular weight excluding hydrogens is 432 g/mol. The lowest BCUT2D eigenvalue weighted by atomic mass is 9.82. The van der Waals surface area contributed by atoms with E-state index in [9.17, 15) is 14.4 Å². The minimum absolute atomic E-state index is 0.0321. The van der Waals surface area contributed by atoms with Crippen molar-refractivity contribution in [3.05, 3.63) is 88.8 Å². The molecule has 2 aromatic carbocycles. The molecule has 3 amide bonds. The lowest BCUT2D eigenvalue weighted by Crippen LogP contribution is -2.50. The van der Waals surface area contributed by atoms with Crippen molar-refractivity contribution in [3.8, 4) is 5.75 Å². The highest BCUT2D eigenvalue weighted by atomic mass is 16.5. The molecular formula is C26H26N4O4. The molecule has 5 rings (SSSR count). The normalized spacial score (nSPS) is 18.5. The summed E-state index contributed by atoms with van der Waals surface area (Å²) in [5, 5.41) is 5.71. The molecule has 174 valence electrons. The third-order valence-corrected chi connectivity index (χ3v) is 6.33. The van der Waals surface area contributed by atoms with Crippen molar-refractivity contribution in [2.24, 2.45) is 5.92 Å². The molecule has 2 unspecified atom stereocenters. The van der Waals surface area contributed by atoms with Gasteiger partial charge in [0.15, 0.2) is 6.61 Å². The van der Waals surface area contributed by atoms with Crippen molar-refractivity contribution in [1.29, 1.82) is 0 Å². The molecule has 2 aliphatic heterocycles. The second kappa shape index (κ2) is 9.43. The van der Waals surface area contributed by atoms with Crippen LogP contribution in [0.2, 0.25) is 0 Å². The van der Waals surface area contributed by atoms with Gasteiger partial charge in [0.2, 0.25) is 0 Å². The van der Waals surface area contributed by atoms with Crippen molar-refractivity contribution >= 4 is 23.3 Å². The number of carbonyl (C=O) groups excluding carboxylic acids is 2. The van der Waals surface area contributed by atoms with Gasteiger partial charge in [-0.25, -0.2) is 4.79 Å². The molecule has 2 bridgehead atoms. The van der Waals surface area contributed by atoms with Gasteiger partial charge in [0.1, 0.15) is 5.75 Å². The van der Waals surface area contributed by atoms with Crippen LogP contribution in [0.5, 0.6) is 5.75 Å². The molecule has 8 heteroatoms. The van der Waals surface area contributed by atoms with Gasteiger partial charge in [-0.3, -0.25) is 9.59 Å². The Labute approximate surface area is 197 Å². The highest BCUT2D eigenvalue weighted by Crippen LogP contribution is 2.38. The van der Waals surface area contributed by atoms with Crippen LogP contribution in [0, 0.1) is 5.92 Å². The molecule has 3 aromatic rings. The number of benzene rings is 2. The number of anilines is 2. The summed E-state index contributed by atoms with van der Waals surface area (Å²) >= 11 is 0. The quantitative estimate of drug-likeness (QED) is 0.612. The van der Waals surface area contributed by atoms with Crippen LogP contribution >= 0.6 is 0 Å². The van der Waals surface area contributed by atoms with Gasteiger partial charge >= 0.3 is 6.03 Å². The van der Waals surface area contributed by atoms with Crippen LogP contribution < -0.4 is 20.9 Å². The molecule has 0 aliphatic carbocycles. The first-order chi connectivity index (χ1) is 16.6. The summed E-state index contributed by atoms with van der Waals surface area (Å²) in [5.74, 6) is 0.703. The largest absolute Gasteiger partial charge is 0.484 e. The molecule has 2 aliphatic rings. The number of carbonyl (C=O) groups is 2. The molecule has 3 heterocycles. The van der Waals surface area contributed by atoms with Crippen LogP contribution in [0.1, 0.15) is 18.0 Å². The third kappa shape index (κ3) is 4.66. The Morgan fingerprint density at radius 3 is 2.38 bits per heavy atom. The number of hydrogen-bond acceptors (Lipinski definition) is 4. The number of likely N-dealkylation sites (tertiary alicyclic amines) is 1. The lowest BCUT2D eigenvalue weighted by molar-refractivity contribution is -0.136. The van der Waals surface area contributed by atoms with Crippen LogP contribution in [0.3, 0.4) is 0 Å². The summed E-state index contributed by atoms with van der Waals surface area (Å²) in [5.41, 5.74) is 1.94. The third-order valence-electron chi connectivity index (χ3n) is 6.33. The smallest absolute Gasteiger partial charge is 0.323 e. The van der Waals surface area contributed by atoms with Crippen LogP contribution in [0.15, 0.2) is 77.6 Å². The first kappa shape index (κ1) is 21.8. The number of pyridine rings is 1. The molecule has 1 fully saturated rings. The summed E-state index contributed by atoms with van der Waals surface area (Å²) in [6.45, 7) is 1.55. The van der Waals surface area contributed by atoms with Gasteiger partial charge in [-0.2, -0.15) is 0 Å². The second-order valence-electron chi connectivity index (χ2n) is 8.73. The number of nitrogens with zero attached hydrogens (tertiary/aromatic N) is 2. The van der Waals surface area contributed by atoms with Gasteiger partial charge in [0.25, 0.3) is 11.5 Å². The number of fused-ring (bicyclic) bond motifs is 4. The number of amides is 3. The van der Waals surface area contributed by atoms with Crippen LogP contribution in [-0.4, -0.2) is 41.1 Å². The van der Waals surface area contributed by atoms with Gasteiger partial charge in [-0.05, 0) is 42.7 Å². The number of piperidine rings is 1. The highest BCUT2D eigenvalue weighted by Gasteiger charge is 2.38. The average molecular weight is 459 g/mol. The van der Waals surface area contributed by atoms with E-state index in [4.69, 9.17) is 4.74 Å². The predicted octanol–water partition coefficient (Wildman–Crippen LogP) is 3.52. The first-order valence-corrected chi connectivity index (χ1v) is 11.4. The molecule has 0 radical (unpaired) electrons. The van der Waals surface area contributed by atoms with Gasteiger partial charge < -0.3 is 24.8 Å². The monoisotopic (exact) mass is 458 g/mol. The maximum atomic E-state index is 12.9. The zero-order valence-corrected chi connectivity index (χ0v) is 18.6. The molecule has 2 atom stereocenters.